The fourth-order valence-corrected chi connectivity index (χ4v) is 3.19. The van der Waals surface area contributed by atoms with Crippen molar-refractivity contribution in [3.05, 3.63) is 24.3 Å². The van der Waals surface area contributed by atoms with Gasteiger partial charge in [-0.3, -0.25) is 0 Å². The van der Waals surface area contributed by atoms with Crippen molar-refractivity contribution < 1.29 is 29.2 Å². The van der Waals surface area contributed by atoms with Gasteiger partial charge < -0.3 is 29.2 Å². The lowest BCUT2D eigenvalue weighted by molar-refractivity contribution is -0.0506. The minimum Gasteiger partial charge on any atom is -0.388 e. The molecule has 0 spiro atoms. The van der Waals surface area contributed by atoms with Crippen LogP contribution in [0, 0.1) is 0 Å². The molecule has 0 saturated heterocycles. The summed E-state index contributed by atoms with van der Waals surface area (Å²) in [7, 11) is 0. The van der Waals surface area contributed by atoms with E-state index in [-0.39, 0.29) is 26.4 Å². The van der Waals surface area contributed by atoms with Crippen LogP contribution in [0.5, 0.6) is 0 Å². The van der Waals surface area contributed by atoms with Gasteiger partial charge in [-0.05, 0) is 51.4 Å². The quantitative estimate of drug-likeness (QED) is 0.116. The Labute approximate surface area is 209 Å². The number of aliphatic hydroxyl groups is 2. The number of ether oxygens (including phenoxy) is 4. The highest BCUT2D eigenvalue weighted by atomic mass is 16.5. The van der Waals surface area contributed by atoms with E-state index in [1.54, 1.807) is 0 Å². The molecule has 0 aromatic heterocycles. The maximum Gasteiger partial charge on any atom is 0.101 e. The zero-order valence-electron chi connectivity index (χ0n) is 22.1. The molecule has 202 valence electrons. The Morgan fingerprint density at radius 1 is 0.471 bits per heavy atom. The van der Waals surface area contributed by atoms with Crippen LogP contribution in [-0.2, 0) is 18.9 Å². The fraction of sp³-hybridized carbons (Fsp3) is 0.857. The molecule has 6 nitrogen and oxygen atoms in total. The standard InChI is InChI=1S/C28H54O6/c1-3-5-7-9-11-13-15-17-19-31-23-27(29)25-33-21-22-34-26-28(30)24-32-20-18-16-14-12-10-8-6-4-2/h11-14,27-30H,3-10,15-26H2,1-2H3/b13-11-,14-12-. The molecule has 0 heterocycles. The molecular formula is C28H54O6. The number of hydrogen-bond donors (Lipinski definition) is 2. The van der Waals surface area contributed by atoms with Gasteiger partial charge in [-0.25, -0.2) is 0 Å². The van der Waals surface area contributed by atoms with Gasteiger partial charge in [-0.15, -0.1) is 0 Å². The van der Waals surface area contributed by atoms with E-state index in [1.807, 2.05) is 0 Å². The van der Waals surface area contributed by atoms with Crippen LogP contribution in [0.4, 0.5) is 0 Å². The summed E-state index contributed by atoms with van der Waals surface area (Å²) < 4.78 is 21.8. The summed E-state index contributed by atoms with van der Waals surface area (Å²) in [6.45, 7) is 7.49. The summed E-state index contributed by atoms with van der Waals surface area (Å²) in [6, 6.07) is 0. The second kappa shape index (κ2) is 28.5. The minimum atomic E-state index is -0.630. The predicted molar refractivity (Wildman–Crippen MR) is 140 cm³/mol. The highest BCUT2D eigenvalue weighted by Crippen LogP contribution is 2.02. The molecule has 0 rings (SSSR count). The Bertz CT molecular complexity index is 401. The van der Waals surface area contributed by atoms with E-state index in [1.165, 1.54) is 51.4 Å². The molecule has 2 unspecified atom stereocenters. The summed E-state index contributed by atoms with van der Waals surface area (Å²) in [5.41, 5.74) is 0. The van der Waals surface area contributed by atoms with Gasteiger partial charge in [0.15, 0.2) is 0 Å². The van der Waals surface area contributed by atoms with Gasteiger partial charge in [-0.1, -0.05) is 63.8 Å². The highest BCUT2D eigenvalue weighted by molar-refractivity contribution is 4.81. The van der Waals surface area contributed by atoms with Crippen molar-refractivity contribution >= 4 is 0 Å². The molecule has 0 amide bonds. The molecule has 34 heavy (non-hydrogen) atoms. The van der Waals surface area contributed by atoms with Crippen LogP contribution >= 0.6 is 0 Å². The molecule has 0 aliphatic carbocycles. The molecule has 2 N–H and O–H groups in total. The van der Waals surface area contributed by atoms with Gasteiger partial charge in [0, 0.05) is 13.2 Å². The first-order chi connectivity index (χ1) is 16.7. The Kier molecular flexibility index (Phi) is 27.8. The Morgan fingerprint density at radius 2 is 0.794 bits per heavy atom. The normalized spacial score (nSPS) is 13.9. The van der Waals surface area contributed by atoms with Gasteiger partial charge in [-0.2, -0.15) is 0 Å². The van der Waals surface area contributed by atoms with E-state index in [9.17, 15) is 10.2 Å². The monoisotopic (exact) mass is 486 g/mol. The summed E-state index contributed by atoms with van der Waals surface area (Å²) >= 11 is 0. The SMILES string of the molecule is CCCCC/C=C\CCCOCC(O)COCCOCC(O)COCCC/C=C\CCCCC. The lowest BCUT2D eigenvalue weighted by Gasteiger charge is -2.13. The molecule has 0 fully saturated rings. The Balaban J connectivity index is 3.33. The third-order valence-electron chi connectivity index (χ3n) is 5.21. The number of unbranched alkanes of at least 4 members (excludes halogenated alkanes) is 8. The lowest BCUT2D eigenvalue weighted by Crippen LogP contribution is -2.25. The van der Waals surface area contributed by atoms with Crippen molar-refractivity contribution in [2.24, 2.45) is 0 Å². The van der Waals surface area contributed by atoms with Crippen molar-refractivity contribution in [1.82, 2.24) is 0 Å². The van der Waals surface area contributed by atoms with Crippen LogP contribution in [-0.4, -0.2) is 75.3 Å². The Hall–Kier alpha value is -0.760. The summed E-state index contributed by atoms with van der Waals surface area (Å²) in [5.74, 6) is 0. The summed E-state index contributed by atoms with van der Waals surface area (Å²) in [4.78, 5) is 0. The second-order valence-electron chi connectivity index (χ2n) is 8.83. The predicted octanol–water partition coefficient (Wildman–Crippen LogP) is 5.61. The van der Waals surface area contributed by atoms with E-state index < -0.39 is 12.2 Å². The van der Waals surface area contributed by atoms with Crippen LogP contribution in [0.3, 0.4) is 0 Å². The van der Waals surface area contributed by atoms with Gasteiger partial charge in [0.2, 0.25) is 0 Å². The van der Waals surface area contributed by atoms with Crippen LogP contribution < -0.4 is 0 Å². The van der Waals surface area contributed by atoms with E-state index in [0.717, 1.165) is 25.7 Å². The zero-order valence-corrected chi connectivity index (χ0v) is 22.1. The average Bonchev–Trinajstić information content (AvgIpc) is 2.83. The van der Waals surface area contributed by atoms with Crippen molar-refractivity contribution in [3.8, 4) is 0 Å². The molecule has 0 radical (unpaired) electrons. The van der Waals surface area contributed by atoms with E-state index in [2.05, 4.69) is 38.2 Å². The average molecular weight is 487 g/mol. The molecule has 6 heteroatoms. The van der Waals surface area contributed by atoms with E-state index in [0.29, 0.717) is 26.4 Å². The van der Waals surface area contributed by atoms with Gasteiger partial charge in [0.25, 0.3) is 0 Å². The summed E-state index contributed by atoms with van der Waals surface area (Å²) in [5, 5.41) is 19.7. The van der Waals surface area contributed by atoms with Crippen LogP contribution in [0.2, 0.25) is 0 Å². The van der Waals surface area contributed by atoms with Crippen molar-refractivity contribution in [2.45, 2.75) is 103 Å². The summed E-state index contributed by atoms with van der Waals surface area (Å²) in [6.07, 6.45) is 21.6. The lowest BCUT2D eigenvalue weighted by atomic mass is 10.2. The first-order valence-corrected chi connectivity index (χ1v) is 13.7. The molecular weight excluding hydrogens is 432 g/mol. The van der Waals surface area contributed by atoms with Crippen molar-refractivity contribution in [3.63, 3.8) is 0 Å². The van der Waals surface area contributed by atoms with Gasteiger partial charge >= 0.3 is 0 Å². The molecule has 0 bridgehead atoms. The molecule has 0 aromatic carbocycles. The van der Waals surface area contributed by atoms with Gasteiger partial charge in [0.1, 0.15) is 12.2 Å². The first-order valence-electron chi connectivity index (χ1n) is 13.7. The topological polar surface area (TPSA) is 77.4 Å². The largest absolute Gasteiger partial charge is 0.388 e. The van der Waals surface area contributed by atoms with Crippen LogP contribution in [0.15, 0.2) is 24.3 Å². The number of hydrogen-bond acceptors (Lipinski definition) is 6. The number of aliphatic hydroxyl groups excluding tert-OH is 2. The smallest absolute Gasteiger partial charge is 0.101 e. The molecule has 0 aromatic rings. The maximum atomic E-state index is 9.87. The van der Waals surface area contributed by atoms with Crippen LogP contribution in [0.1, 0.15) is 90.9 Å². The number of allylic oxidation sites excluding steroid dienone is 4. The third-order valence-corrected chi connectivity index (χ3v) is 5.21. The van der Waals surface area contributed by atoms with Crippen molar-refractivity contribution in [2.75, 3.05) is 52.9 Å². The highest BCUT2D eigenvalue weighted by Gasteiger charge is 2.06. The molecule has 2 atom stereocenters. The van der Waals surface area contributed by atoms with Crippen LogP contribution in [0.25, 0.3) is 0 Å². The van der Waals surface area contributed by atoms with E-state index in [4.69, 9.17) is 18.9 Å². The third kappa shape index (κ3) is 27.5. The maximum absolute atomic E-state index is 9.87. The zero-order chi connectivity index (χ0) is 25.0. The van der Waals surface area contributed by atoms with E-state index >= 15 is 0 Å². The van der Waals surface area contributed by atoms with Crippen molar-refractivity contribution in [1.29, 1.82) is 0 Å². The minimum absolute atomic E-state index is 0.222. The first kappa shape index (κ1) is 33.2. The Morgan fingerprint density at radius 3 is 1.15 bits per heavy atom. The molecule has 0 saturated carbocycles. The molecule has 0 aliphatic heterocycles. The molecule has 0 aliphatic rings. The second-order valence-corrected chi connectivity index (χ2v) is 8.83. The van der Waals surface area contributed by atoms with Gasteiger partial charge in [0.05, 0.1) is 39.6 Å². The number of rotatable bonds is 27. The fourth-order valence-electron chi connectivity index (χ4n) is 3.19.